The maximum Gasteiger partial charge on any atom is 0.254 e. The molecule has 186 valence electrons. The largest absolute Gasteiger partial charge is 0.467 e. The summed E-state index contributed by atoms with van der Waals surface area (Å²) >= 11 is 7.88. The molecule has 6 nitrogen and oxygen atoms in total. The highest BCUT2D eigenvalue weighted by atomic mass is 35.5. The zero-order valence-electron chi connectivity index (χ0n) is 20.1. The summed E-state index contributed by atoms with van der Waals surface area (Å²) in [6, 6.07) is 19.1. The van der Waals surface area contributed by atoms with Gasteiger partial charge in [0, 0.05) is 39.5 Å². The first kappa shape index (κ1) is 24.7. The van der Waals surface area contributed by atoms with E-state index in [1.807, 2.05) is 12.1 Å². The molecule has 0 bridgehead atoms. The number of nitrogens with zero attached hydrogens (tertiary/aromatic N) is 3. The zero-order valence-corrected chi connectivity index (χ0v) is 21.6. The van der Waals surface area contributed by atoms with Gasteiger partial charge in [-0.15, -0.1) is 11.8 Å². The number of carbonyl (C=O) groups excluding carboxylic acids is 1. The minimum absolute atomic E-state index is 0.133. The summed E-state index contributed by atoms with van der Waals surface area (Å²) in [4.78, 5) is 23.9. The van der Waals surface area contributed by atoms with Crippen LogP contribution in [0, 0.1) is 0 Å². The van der Waals surface area contributed by atoms with Crippen LogP contribution in [0.15, 0.2) is 76.2 Å². The predicted molar refractivity (Wildman–Crippen MR) is 145 cm³/mol. The van der Waals surface area contributed by atoms with Crippen LogP contribution in [0.3, 0.4) is 0 Å². The molecule has 4 aromatic rings. The number of amides is 1. The molecule has 2 aromatic carbocycles. The van der Waals surface area contributed by atoms with E-state index < -0.39 is 0 Å². The third-order valence-corrected chi connectivity index (χ3v) is 7.45. The molecule has 2 aromatic heterocycles. The highest BCUT2D eigenvalue weighted by Crippen LogP contribution is 2.30. The average Bonchev–Trinajstić information content (AvgIpc) is 3.41. The van der Waals surface area contributed by atoms with Crippen LogP contribution in [0.25, 0.3) is 10.9 Å². The van der Waals surface area contributed by atoms with Crippen molar-refractivity contribution in [1.29, 1.82) is 0 Å². The smallest absolute Gasteiger partial charge is 0.254 e. The van der Waals surface area contributed by atoms with Gasteiger partial charge in [0.1, 0.15) is 11.6 Å². The van der Waals surface area contributed by atoms with Crippen LogP contribution in [-0.2, 0) is 13.1 Å². The first-order valence-electron chi connectivity index (χ1n) is 12.0. The molecule has 0 radical (unpaired) electrons. The van der Waals surface area contributed by atoms with Crippen molar-refractivity contribution in [3.63, 3.8) is 0 Å². The summed E-state index contributed by atoms with van der Waals surface area (Å²) in [7, 11) is 0. The Labute approximate surface area is 219 Å². The van der Waals surface area contributed by atoms with Crippen molar-refractivity contribution in [2.75, 3.05) is 24.2 Å². The van der Waals surface area contributed by atoms with Crippen LogP contribution in [0.2, 0.25) is 5.02 Å². The molecule has 0 spiro atoms. The number of aliphatic hydroxyl groups is 1. The fourth-order valence-electron chi connectivity index (χ4n) is 4.58. The number of rotatable bonds is 7. The summed E-state index contributed by atoms with van der Waals surface area (Å²) < 4.78 is 5.59. The molecule has 1 aliphatic heterocycles. The molecule has 0 saturated carbocycles. The van der Waals surface area contributed by atoms with Crippen LogP contribution in [0.5, 0.6) is 0 Å². The molecule has 1 saturated heterocycles. The minimum atomic E-state index is -0.284. The Morgan fingerprint density at radius 2 is 1.97 bits per heavy atom. The average molecular weight is 522 g/mol. The molecule has 0 aliphatic carbocycles. The van der Waals surface area contributed by atoms with Crippen molar-refractivity contribution in [2.45, 2.75) is 36.9 Å². The Hall–Kier alpha value is -3.00. The van der Waals surface area contributed by atoms with Gasteiger partial charge in [-0.2, -0.15) is 0 Å². The molecule has 36 heavy (non-hydrogen) atoms. The van der Waals surface area contributed by atoms with Crippen molar-refractivity contribution in [2.24, 2.45) is 0 Å². The van der Waals surface area contributed by atoms with E-state index in [0.717, 1.165) is 40.3 Å². The number of pyridine rings is 1. The van der Waals surface area contributed by atoms with Crippen LogP contribution in [0.4, 0.5) is 5.82 Å². The predicted octanol–water partition coefficient (Wildman–Crippen LogP) is 6.01. The van der Waals surface area contributed by atoms with Gasteiger partial charge in [0.2, 0.25) is 0 Å². The van der Waals surface area contributed by atoms with Crippen molar-refractivity contribution in [3.05, 3.63) is 88.8 Å². The molecule has 1 fully saturated rings. The lowest BCUT2D eigenvalue weighted by molar-refractivity contribution is 0.0718. The number of benzene rings is 2. The standard InChI is InChI=1S/C28H28ClN3O3S/c1-36-25-8-7-19-14-21(27(30-26(19)16-25)31-11-9-23(33)10-12-31)17-32(18-24-6-3-13-35-24)28(34)20-4-2-5-22(29)15-20/h2-8,13-16,23,33H,9-12,17-18H2,1H3. The number of aromatic nitrogens is 1. The maximum absolute atomic E-state index is 13.7. The number of thioether (sulfide) groups is 1. The molecule has 5 rings (SSSR count). The SMILES string of the molecule is CSc1ccc2cc(CN(Cc3ccco3)C(=O)c3cccc(Cl)c3)c(N3CCC(O)CC3)nc2c1. The topological polar surface area (TPSA) is 69.8 Å². The summed E-state index contributed by atoms with van der Waals surface area (Å²) in [5, 5.41) is 11.6. The van der Waals surface area contributed by atoms with Crippen molar-refractivity contribution in [3.8, 4) is 0 Å². The van der Waals surface area contributed by atoms with Gasteiger partial charge in [-0.25, -0.2) is 4.98 Å². The van der Waals surface area contributed by atoms with Gasteiger partial charge in [0.15, 0.2) is 0 Å². The fraction of sp³-hybridized carbons (Fsp3) is 0.286. The molecular formula is C28H28ClN3O3S. The number of halogens is 1. The van der Waals surface area contributed by atoms with Gasteiger partial charge in [0.05, 0.1) is 31.0 Å². The van der Waals surface area contributed by atoms with E-state index in [1.54, 1.807) is 47.2 Å². The summed E-state index contributed by atoms with van der Waals surface area (Å²) in [6.07, 6.45) is 4.77. The summed E-state index contributed by atoms with van der Waals surface area (Å²) in [5.41, 5.74) is 2.40. The molecular weight excluding hydrogens is 494 g/mol. The van der Waals surface area contributed by atoms with E-state index in [0.29, 0.717) is 42.3 Å². The first-order chi connectivity index (χ1) is 17.5. The van der Waals surface area contributed by atoms with Gasteiger partial charge in [-0.1, -0.05) is 23.7 Å². The van der Waals surface area contributed by atoms with E-state index in [2.05, 4.69) is 35.4 Å². The van der Waals surface area contributed by atoms with E-state index in [-0.39, 0.29) is 12.0 Å². The monoisotopic (exact) mass is 521 g/mol. The molecule has 8 heteroatoms. The van der Waals surface area contributed by atoms with Gasteiger partial charge < -0.3 is 19.3 Å². The molecule has 3 heterocycles. The summed E-state index contributed by atoms with van der Waals surface area (Å²) in [5.74, 6) is 1.43. The van der Waals surface area contributed by atoms with Gasteiger partial charge >= 0.3 is 0 Å². The number of carbonyl (C=O) groups is 1. The Kier molecular flexibility index (Phi) is 7.51. The second-order valence-electron chi connectivity index (χ2n) is 9.00. The van der Waals surface area contributed by atoms with Crippen LogP contribution < -0.4 is 4.90 Å². The Morgan fingerprint density at radius 1 is 1.14 bits per heavy atom. The van der Waals surface area contributed by atoms with E-state index in [9.17, 15) is 9.90 Å². The third-order valence-electron chi connectivity index (χ3n) is 6.49. The highest BCUT2D eigenvalue weighted by molar-refractivity contribution is 7.98. The van der Waals surface area contributed by atoms with Gasteiger partial charge in [-0.3, -0.25) is 4.79 Å². The lowest BCUT2D eigenvalue weighted by Crippen LogP contribution is -2.38. The van der Waals surface area contributed by atoms with E-state index in [1.165, 1.54) is 0 Å². The van der Waals surface area contributed by atoms with Crippen LogP contribution >= 0.6 is 23.4 Å². The summed E-state index contributed by atoms with van der Waals surface area (Å²) in [6.45, 7) is 2.11. The Morgan fingerprint density at radius 3 is 2.69 bits per heavy atom. The lowest BCUT2D eigenvalue weighted by atomic mass is 10.1. The number of piperidine rings is 1. The number of anilines is 1. The number of fused-ring (bicyclic) bond motifs is 1. The zero-order chi connectivity index (χ0) is 25.1. The van der Waals surface area contributed by atoms with Gasteiger partial charge in [0.25, 0.3) is 5.91 Å². The normalized spacial score (nSPS) is 14.4. The van der Waals surface area contributed by atoms with Crippen LogP contribution in [-0.4, -0.2) is 46.3 Å². The molecule has 1 aliphatic rings. The third kappa shape index (κ3) is 5.53. The fourth-order valence-corrected chi connectivity index (χ4v) is 5.20. The Bertz CT molecular complexity index is 1350. The molecule has 0 atom stereocenters. The highest BCUT2D eigenvalue weighted by Gasteiger charge is 2.25. The van der Waals surface area contributed by atoms with Crippen molar-refractivity contribution < 1.29 is 14.3 Å². The van der Waals surface area contributed by atoms with Crippen molar-refractivity contribution >= 4 is 46.0 Å². The number of hydrogen-bond acceptors (Lipinski definition) is 6. The van der Waals surface area contributed by atoms with Gasteiger partial charge in [-0.05, 0) is 67.6 Å². The molecule has 1 N–H and O–H groups in total. The minimum Gasteiger partial charge on any atom is -0.467 e. The van der Waals surface area contributed by atoms with Crippen molar-refractivity contribution in [1.82, 2.24) is 9.88 Å². The Balaban J connectivity index is 1.55. The molecule has 0 unspecified atom stereocenters. The van der Waals surface area contributed by atoms with Crippen LogP contribution in [0.1, 0.15) is 34.5 Å². The van der Waals surface area contributed by atoms with E-state index >= 15 is 0 Å². The first-order valence-corrected chi connectivity index (χ1v) is 13.6. The molecule has 1 amide bonds. The number of hydrogen-bond donors (Lipinski definition) is 1. The second kappa shape index (κ2) is 10.9. The lowest BCUT2D eigenvalue weighted by Gasteiger charge is -2.33. The number of furan rings is 1. The number of aliphatic hydroxyl groups excluding tert-OH is 1. The maximum atomic E-state index is 13.7. The second-order valence-corrected chi connectivity index (χ2v) is 10.3. The quantitative estimate of drug-likeness (QED) is 0.300. The van der Waals surface area contributed by atoms with E-state index in [4.69, 9.17) is 21.0 Å².